The smallest absolute Gasteiger partial charge is 0.330 e. The van der Waals surface area contributed by atoms with Crippen molar-refractivity contribution in [3.05, 3.63) is 12.2 Å². The van der Waals surface area contributed by atoms with E-state index in [1.165, 1.54) is 12.2 Å². The van der Waals surface area contributed by atoms with Crippen LogP contribution in [-0.2, 0) is 9.53 Å². The van der Waals surface area contributed by atoms with E-state index in [0.29, 0.717) is 12.8 Å². The largest absolute Gasteiger partial charge is 0.460 e. The van der Waals surface area contributed by atoms with E-state index in [2.05, 4.69) is 0 Å². The van der Waals surface area contributed by atoms with Gasteiger partial charge < -0.3 is 14.9 Å². The molecule has 0 fully saturated rings. The van der Waals surface area contributed by atoms with Crippen molar-refractivity contribution in [3.8, 4) is 0 Å². The van der Waals surface area contributed by atoms with E-state index in [-0.39, 0.29) is 12.2 Å². The average molecular weight is 256 g/mol. The molecule has 0 saturated carbocycles. The van der Waals surface area contributed by atoms with E-state index in [1.54, 1.807) is 0 Å². The third kappa shape index (κ3) is 6.77. The number of cyclic esters (lactones) is 1. The van der Waals surface area contributed by atoms with Gasteiger partial charge in [0.1, 0.15) is 0 Å². The van der Waals surface area contributed by atoms with Crippen LogP contribution < -0.4 is 0 Å². The summed E-state index contributed by atoms with van der Waals surface area (Å²) in [5.74, 6) is -0.404. The molecule has 0 spiro atoms. The molecule has 1 rings (SSSR count). The first-order valence-corrected chi connectivity index (χ1v) is 6.83. The van der Waals surface area contributed by atoms with Crippen LogP contribution in [0.5, 0.6) is 0 Å². The highest BCUT2D eigenvalue weighted by Gasteiger charge is 2.11. The van der Waals surface area contributed by atoms with Crippen LogP contribution in [0.2, 0.25) is 0 Å². The molecule has 0 amide bonds. The molecule has 0 aromatic rings. The normalized spacial score (nSPS) is 32.6. The van der Waals surface area contributed by atoms with Crippen molar-refractivity contribution in [3.63, 3.8) is 0 Å². The molecule has 0 radical (unpaired) electrons. The lowest BCUT2D eigenvalue weighted by Gasteiger charge is -2.15. The van der Waals surface area contributed by atoms with Crippen molar-refractivity contribution in [1.82, 2.24) is 0 Å². The first-order chi connectivity index (χ1) is 8.58. The Bertz CT molecular complexity index is 275. The predicted octanol–water partition coefficient (Wildman–Crippen LogP) is 1.94. The molecule has 2 N–H and O–H groups in total. The Balaban J connectivity index is 2.51. The Kier molecular flexibility index (Phi) is 6.98. The molecule has 0 aliphatic carbocycles. The molecule has 0 unspecified atom stereocenters. The SMILES string of the molecule is C[C@H]1CCCCC[C@H](O)CC[C@H](O)C=CC(=O)O1. The van der Waals surface area contributed by atoms with Crippen LogP contribution in [0.25, 0.3) is 0 Å². The Morgan fingerprint density at radius 1 is 1.11 bits per heavy atom. The Hall–Kier alpha value is -0.870. The number of ether oxygens (including phenoxy) is 1. The lowest BCUT2D eigenvalue weighted by atomic mass is 10.0. The lowest BCUT2D eigenvalue weighted by molar-refractivity contribution is -0.142. The molecule has 0 bridgehead atoms. The summed E-state index contributed by atoms with van der Waals surface area (Å²) in [7, 11) is 0. The number of carbonyl (C=O) groups excluding carboxylic acids is 1. The molecule has 0 saturated heterocycles. The maximum atomic E-state index is 11.4. The van der Waals surface area contributed by atoms with Crippen LogP contribution in [0.4, 0.5) is 0 Å². The van der Waals surface area contributed by atoms with Gasteiger partial charge in [0.25, 0.3) is 0 Å². The van der Waals surface area contributed by atoms with E-state index >= 15 is 0 Å². The van der Waals surface area contributed by atoms with Crippen molar-refractivity contribution in [2.75, 3.05) is 0 Å². The Morgan fingerprint density at radius 2 is 1.83 bits per heavy atom. The van der Waals surface area contributed by atoms with Gasteiger partial charge in [-0.3, -0.25) is 0 Å². The standard InChI is InChI=1S/C14H24O4/c1-11-5-3-2-4-6-12(15)7-8-13(16)9-10-14(17)18-11/h9-13,15-16H,2-8H2,1H3/t11-,12-,13-/m0/s1. The number of aliphatic hydroxyl groups is 2. The summed E-state index contributed by atoms with van der Waals surface area (Å²) in [6.45, 7) is 1.88. The molecular weight excluding hydrogens is 232 g/mol. The van der Waals surface area contributed by atoms with Crippen molar-refractivity contribution >= 4 is 5.97 Å². The molecule has 104 valence electrons. The second-order valence-corrected chi connectivity index (χ2v) is 5.04. The molecular formula is C14H24O4. The third-order valence-electron chi connectivity index (χ3n) is 3.22. The summed E-state index contributed by atoms with van der Waals surface area (Å²) in [5.41, 5.74) is 0. The fourth-order valence-corrected chi connectivity index (χ4v) is 2.08. The van der Waals surface area contributed by atoms with Gasteiger partial charge in [-0.1, -0.05) is 12.8 Å². The summed E-state index contributed by atoms with van der Waals surface area (Å²) in [5, 5.41) is 19.3. The van der Waals surface area contributed by atoms with Gasteiger partial charge in [-0.2, -0.15) is 0 Å². The quantitative estimate of drug-likeness (QED) is 0.650. The van der Waals surface area contributed by atoms with Gasteiger partial charge in [0.05, 0.1) is 18.3 Å². The van der Waals surface area contributed by atoms with Gasteiger partial charge in [-0.05, 0) is 45.1 Å². The highest BCUT2D eigenvalue weighted by atomic mass is 16.5. The van der Waals surface area contributed by atoms with Crippen LogP contribution in [0.15, 0.2) is 12.2 Å². The van der Waals surface area contributed by atoms with E-state index in [0.717, 1.165) is 32.1 Å². The summed E-state index contributed by atoms with van der Waals surface area (Å²) < 4.78 is 5.18. The van der Waals surface area contributed by atoms with Crippen molar-refractivity contribution in [2.24, 2.45) is 0 Å². The minimum Gasteiger partial charge on any atom is -0.460 e. The van der Waals surface area contributed by atoms with E-state index in [4.69, 9.17) is 4.74 Å². The summed E-state index contributed by atoms with van der Waals surface area (Å²) in [6, 6.07) is 0. The number of carbonyl (C=O) groups is 1. The Morgan fingerprint density at radius 3 is 2.61 bits per heavy atom. The lowest BCUT2D eigenvalue weighted by Crippen LogP contribution is -2.15. The fraction of sp³-hybridized carbons (Fsp3) is 0.786. The molecule has 0 aromatic carbocycles. The minimum atomic E-state index is -0.689. The molecule has 4 heteroatoms. The molecule has 1 aliphatic heterocycles. The number of hydrogen-bond acceptors (Lipinski definition) is 4. The number of hydrogen-bond donors (Lipinski definition) is 2. The summed E-state index contributed by atoms with van der Waals surface area (Å²) >= 11 is 0. The van der Waals surface area contributed by atoms with Gasteiger partial charge in [0.2, 0.25) is 0 Å². The van der Waals surface area contributed by atoms with Gasteiger partial charge in [0.15, 0.2) is 0 Å². The number of aliphatic hydroxyl groups excluding tert-OH is 2. The van der Waals surface area contributed by atoms with E-state index in [1.807, 2.05) is 6.92 Å². The van der Waals surface area contributed by atoms with Crippen molar-refractivity contribution in [2.45, 2.75) is 70.2 Å². The van der Waals surface area contributed by atoms with Crippen molar-refractivity contribution < 1.29 is 19.7 Å². The topological polar surface area (TPSA) is 66.8 Å². The fourth-order valence-electron chi connectivity index (χ4n) is 2.08. The second-order valence-electron chi connectivity index (χ2n) is 5.04. The molecule has 0 aromatic heterocycles. The van der Waals surface area contributed by atoms with E-state index in [9.17, 15) is 15.0 Å². The molecule has 3 atom stereocenters. The first kappa shape index (κ1) is 15.2. The zero-order chi connectivity index (χ0) is 13.4. The second kappa shape index (κ2) is 8.27. The highest BCUT2D eigenvalue weighted by molar-refractivity contribution is 5.82. The first-order valence-electron chi connectivity index (χ1n) is 6.83. The predicted molar refractivity (Wildman–Crippen MR) is 69.0 cm³/mol. The maximum absolute atomic E-state index is 11.4. The van der Waals surface area contributed by atoms with E-state index < -0.39 is 12.1 Å². The summed E-state index contributed by atoms with van der Waals surface area (Å²) in [4.78, 5) is 11.4. The summed E-state index contributed by atoms with van der Waals surface area (Å²) in [6.07, 6.45) is 7.28. The third-order valence-corrected chi connectivity index (χ3v) is 3.22. The molecule has 18 heavy (non-hydrogen) atoms. The van der Waals surface area contributed by atoms with Gasteiger partial charge in [-0.25, -0.2) is 4.79 Å². The van der Waals surface area contributed by atoms with Gasteiger partial charge in [0, 0.05) is 6.08 Å². The number of rotatable bonds is 0. The molecule has 1 aliphatic rings. The number of esters is 1. The Labute approximate surface area is 109 Å². The van der Waals surface area contributed by atoms with Crippen LogP contribution in [-0.4, -0.2) is 34.5 Å². The maximum Gasteiger partial charge on any atom is 0.330 e. The van der Waals surface area contributed by atoms with Gasteiger partial charge in [-0.15, -0.1) is 0 Å². The monoisotopic (exact) mass is 256 g/mol. The van der Waals surface area contributed by atoms with Crippen LogP contribution >= 0.6 is 0 Å². The van der Waals surface area contributed by atoms with Crippen LogP contribution in [0.3, 0.4) is 0 Å². The zero-order valence-corrected chi connectivity index (χ0v) is 11.0. The minimum absolute atomic E-state index is 0.0906. The molecule has 4 nitrogen and oxygen atoms in total. The van der Waals surface area contributed by atoms with Crippen molar-refractivity contribution in [1.29, 1.82) is 0 Å². The van der Waals surface area contributed by atoms with Gasteiger partial charge >= 0.3 is 5.97 Å². The zero-order valence-electron chi connectivity index (χ0n) is 11.0. The van der Waals surface area contributed by atoms with Crippen LogP contribution in [0, 0.1) is 0 Å². The highest BCUT2D eigenvalue weighted by Crippen LogP contribution is 2.14. The van der Waals surface area contributed by atoms with Crippen LogP contribution in [0.1, 0.15) is 51.9 Å². The average Bonchev–Trinajstić information content (AvgIpc) is 2.32. The molecule has 1 heterocycles.